The first-order valence-electron chi connectivity index (χ1n) is 10.1. The number of aromatic nitrogens is 1. The summed E-state index contributed by atoms with van der Waals surface area (Å²) < 4.78 is 64.1. The molecule has 0 fully saturated rings. The molecule has 0 saturated heterocycles. The van der Waals surface area contributed by atoms with Gasteiger partial charge in [0.05, 0.1) is 17.0 Å². The van der Waals surface area contributed by atoms with Gasteiger partial charge in [0.15, 0.2) is 0 Å². The smallest absolute Gasteiger partial charge is 0.352 e. The van der Waals surface area contributed by atoms with E-state index in [0.717, 1.165) is 11.0 Å². The molecule has 0 unspecified atom stereocenters. The topological polar surface area (TPSA) is 103 Å². The maximum absolute atomic E-state index is 12.8. The van der Waals surface area contributed by atoms with Crippen LogP contribution >= 0.6 is 0 Å². The van der Waals surface area contributed by atoms with Crippen LogP contribution in [0.4, 0.5) is 13.2 Å². The predicted molar refractivity (Wildman–Crippen MR) is 115 cm³/mol. The van der Waals surface area contributed by atoms with E-state index >= 15 is 0 Å². The molecule has 0 aliphatic heterocycles. The van der Waals surface area contributed by atoms with Gasteiger partial charge in [-0.3, -0.25) is 14.5 Å². The van der Waals surface area contributed by atoms with Gasteiger partial charge in [-0.1, -0.05) is 13.8 Å². The zero-order chi connectivity index (χ0) is 24.1. The Morgan fingerprint density at radius 2 is 1.81 bits per heavy atom. The van der Waals surface area contributed by atoms with E-state index in [-0.39, 0.29) is 48.4 Å². The van der Waals surface area contributed by atoms with Crippen LogP contribution in [0.5, 0.6) is 0 Å². The molecule has 1 heterocycles. The van der Waals surface area contributed by atoms with Crippen molar-refractivity contribution < 1.29 is 26.4 Å². The Kier molecular flexibility index (Phi) is 8.43. The lowest BCUT2D eigenvalue weighted by atomic mass is 10.1. The summed E-state index contributed by atoms with van der Waals surface area (Å²) in [5.74, 6) is -0.614. The number of alkyl halides is 3. The standard InChI is InChI=1S/C20H27F3N4O4S/c1-4-27(5-2)32(30,31)14-7-8-17-15(11-14)16(12-18(28)25-17)19(29)24-9-6-10-26(3)13-20(21,22)23/h7-8,11-12H,4-6,9-10,13H2,1-3H3,(H,24,29)(H,25,28). The predicted octanol–water partition coefficient (Wildman–Crippen LogP) is 2.17. The van der Waals surface area contributed by atoms with E-state index in [4.69, 9.17) is 0 Å². The molecule has 0 atom stereocenters. The maximum atomic E-state index is 12.8. The quantitative estimate of drug-likeness (QED) is 0.512. The Hall–Kier alpha value is -2.44. The first kappa shape index (κ1) is 25.8. The van der Waals surface area contributed by atoms with Gasteiger partial charge in [-0.2, -0.15) is 17.5 Å². The number of nitrogens with one attached hydrogen (secondary N) is 2. The van der Waals surface area contributed by atoms with Crippen LogP contribution in [0.25, 0.3) is 10.9 Å². The van der Waals surface area contributed by atoms with Crippen LogP contribution in [0.15, 0.2) is 34.0 Å². The van der Waals surface area contributed by atoms with Crippen molar-refractivity contribution in [1.29, 1.82) is 0 Å². The fourth-order valence-corrected chi connectivity index (χ4v) is 4.81. The molecule has 178 valence electrons. The molecule has 1 amide bonds. The summed E-state index contributed by atoms with van der Waals surface area (Å²) in [7, 11) is -2.45. The van der Waals surface area contributed by atoms with E-state index in [1.165, 1.54) is 29.6 Å². The number of fused-ring (bicyclic) bond motifs is 1. The van der Waals surface area contributed by atoms with Crippen molar-refractivity contribution >= 4 is 26.8 Å². The zero-order valence-electron chi connectivity index (χ0n) is 18.1. The van der Waals surface area contributed by atoms with E-state index in [1.807, 2.05) is 0 Å². The Labute approximate surface area is 184 Å². The third-order valence-corrected chi connectivity index (χ3v) is 6.90. The summed E-state index contributed by atoms with van der Waals surface area (Å²) in [6, 6.07) is 5.20. The van der Waals surface area contributed by atoms with Gasteiger partial charge in [0.2, 0.25) is 15.6 Å². The Morgan fingerprint density at radius 1 is 1.16 bits per heavy atom. The van der Waals surface area contributed by atoms with Crippen LogP contribution in [-0.2, 0) is 10.0 Å². The summed E-state index contributed by atoms with van der Waals surface area (Å²) in [5.41, 5.74) is -0.248. The number of nitrogens with zero attached hydrogens (tertiary/aromatic N) is 2. The molecule has 0 saturated carbocycles. The van der Waals surface area contributed by atoms with E-state index in [1.54, 1.807) is 13.8 Å². The van der Waals surface area contributed by atoms with E-state index in [2.05, 4.69) is 10.3 Å². The van der Waals surface area contributed by atoms with Crippen molar-refractivity contribution in [2.45, 2.75) is 31.3 Å². The number of H-pyrrole nitrogens is 1. The van der Waals surface area contributed by atoms with Gasteiger partial charge in [0, 0.05) is 36.6 Å². The summed E-state index contributed by atoms with van der Waals surface area (Å²) in [6.07, 6.45) is -4.04. The van der Waals surface area contributed by atoms with Crippen molar-refractivity contribution in [3.05, 3.63) is 40.2 Å². The number of benzene rings is 1. The number of hydrogen-bond donors (Lipinski definition) is 2. The van der Waals surface area contributed by atoms with Crippen LogP contribution < -0.4 is 10.9 Å². The molecule has 0 aliphatic carbocycles. The number of aromatic amines is 1. The van der Waals surface area contributed by atoms with Crippen LogP contribution in [0.3, 0.4) is 0 Å². The molecule has 0 spiro atoms. The third kappa shape index (κ3) is 6.53. The number of hydrogen-bond acceptors (Lipinski definition) is 5. The van der Waals surface area contributed by atoms with Gasteiger partial charge >= 0.3 is 6.18 Å². The molecule has 2 rings (SSSR count). The average molecular weight is 477 g/mol. The number of rotatable bonds is 10. The number of sulfonamides is 1. The molecule has 8 nitrogen and oxygen atoms in total. The second-order valence-electron chi connectivity index (χ2n) is 7.31. The van der Waals surface area contributed by atoms with Crippen molar-refractivity contribution in [3.63, 3.8) is 0 Å². The number of amides is 1. The number of carbonyl (C=O) groups excluding carboxylic acids is 1. The molecule has 1 aromatic heterocycles. The molecular weight excluding hydrogens is 449 g/mol. The highest BCUT2D eigenvalue weighted by atomic mass is 32.2. The highest BCUT2D eigenvalue weighted by Gasteiger charge is 2.28. The first-order valence-corrected chi connectivity index (χ1v) is 11.5. The normalized spacial score (nSPS) is 12.6. The first-order chi connectivity index (χ1) is 14.9. The van der Waals surface area contributed by atoms with Gasteiger partial charge in [-0.15, -0.1) is 0 Å². The van der Waals surface area contributed by atoms with Crippen LogP contribution in [0.1, 0.15) is 30.6 Å². The van der Waals surface area contributed by atoms with Crippen LogP contribution in [0, 0.1) is 0 Å². The largest absolute Gasteiger partial charge is 0.401 e. The van der Waals surface area contributed by atoms with Crippen molar-refractivity contribution in [2.24, 2.45) is 0 Å². The van der Waals surface area contributed by atoms with E-state index < -0.39 is 34.2 Å². The summed E-state index contributed by atoms with van der Waals surface area (Å²) >= 11 is 0. The number of carbonyl (C=O) groups is 1. The number of halogens is 3. The highest BCUT2D eigenvalue weighted by molar-refractivity contribution is 7.89. The zero-order valence-corrected chi connectivity index (χ0v) is 18.9. The molecule has 32 heavy (non-hydrogen) atoms. The minimum atomic E-state index is -4.30. The summed E-state index contributed by atoms with van der Waals surface area (Å²) in [5, 5.41) is 2.83. The molecule has 2 aromatic rings. The lowest BCUT2D eigenvalue weighted by Gasteiger charge is -2.19. The molecule has 0 aliphatic rings. The Bertz CT molecular complexity index is 1110. The SMILES string of the molecule is CCN(CC)S(=O)(=O)c1ccc2[nH]c(=O)cc(C(=O)NCCCN(C)CC(F)(F)F)c2c1. The molecular formula is C20H27F3N4O4S. The third-order valence-electron chi connectivity index (χ3n) is 4.85. The molecule has 0 radical (unpaired) electrons. The highest BCUT2D eigenvalue weighted by Crippen LogP contribution is 2.23. The molecule has 12 heteroatoms. The van der Waals surface area contributed by atoms with Gasteiger partial charge in [0.25, 0.3) is 5.91 Å². The van der Waals surface area contributed by atoms with Crippen LogP contribution in [-0.4, -0.2) is 74.5 Å². The van der Waals surface area contributed by atoms with Crippen molar-refractivity contribution in [1.82, 2.24) is 19.5 Å². The van der Waals surface area contributed by atoms with Crippen LogP contribution in [0.2, 0.25) is 0 Å². The van der Waals surface area contributed by atoms with Crippen molar-refractivity contribution in [3.8, 4) is 0 Å². The maximum Gasteiger partial charge on any atom is 0.401 e. The fraction of sp³-hybridized carbons (Fsp3) is 0.500. The lowest BCUT2D eigenvalue weighted by Crippen LogP contribution is -2.34. The van der Waals surface area contributed by atoms with Gasteiger partial charge < -0.3 is 10.3 Å². The fourth-order valence-electron chi connectivity index (χ4n) is 3.33. The van der Waals surface area contributed by atoms with Gasteiger partial charge in [0.1, 0.15) is 0 Å². The Morgan fingerprint density at radius 3 is 2.41 bits per heavy atom. The minimum Gasteiger partial charge on any atom is -0.352 e. The average Bonchev–Trinajstić information content (AvgIpc) is 2.69. The second kappa shape index (κ2) is 10.5. The number of pyridine rings is 1. The van der Waals surface area contributed by atoms with Gasteiger partial charge in [-0.25, -0.2) is 8.42 Å². The van der Waals surface area contributed by atoms with Crippen molar-refractivity contribution in [2.75, 3.05) is 39.8 Å². The minimum absolute atomic E-state index is 0.0102. The summed E-state index contributed by atoms with van der Waals surface area (Å²) in [6.45, 7) is 3.13. The monoisotopic (exact) mass is 476 g/mol. The summed E-state index contributed by atoms with van der Waals surface area (Å²) in [4.78, 5) is 28.3. The lowest BCUT2D eigenvalue weighted by molar-refractivity contribution is -0.143. The molecule has 2 N–H and O–H groups in total. The Balaban J connectivity index is 2.23. The van der Waals surface area contributed by atoms with E-state index in [0.29, 0.717) is 5.52 Å². The van der Waals surface area contributed by atoms with E-state index in [9.17, 15) is 31.2 Å². The second-order valence-corrected chi connectivity index (χ2v) is 9.24. The molecule has 1 aromatic carbocycles. The molecule has 0 bridgehead atoms. The van der Waals surface area contributed by atoms with Gasteiger partial charge in [-0.05, 0) is 38.2 Å².